The van der Waals surface area contributed by atoms with Gasteiger partial charge in [0.1, 0.15) is 17.7 Å². The van der Waals surface area contributed by atoms with Crippen molar-refractivity contribution in [2.45, 2.75) is 37.8 Å². The highest BCUT2D eigenvalue weighted by Gasteiger charge is 2.21. The third-order valence-electron chi connectivity index (χ3n) is 4.19. The average molecular weight is 303 g/mol. The second-order valence-electron chi connectivity index (χ2n) is 5.57. The summed E-state index contributed by atoms with van der Waals surface area (Å²) in [6, 6.07) is 4.13. The Balaban J connectivity index is 1.93. The zero-order valence-electron chi connectivity index (χ0n) is 12.9. The predicted octanol–water partition coefficient (Wildman–Crippen LogP) is 2.36. The Bertz CT molecular complexity index is 654. The van der Waals surface area contributed by atoms with E-state index in [1.807, 2.05) is 12.1 Å². The van der Waals surface area contributed by atoms with Crippen LogP contribution < -0.4 is 14.8 Å². The van der Waals surface area contributed by atoms with Gasteiger partial charge in [-0.1, -0.05) is 0 Å². The third-order valence-corrected chi connectivity index (χ3v) is 4.19. The summed E-state index contributed by atoms with van der Waals surface area (Å²) in [5.41, 5.74) is 0.732. The van der Waals surface area contributed by atoms with Crippen molar-refractivity contribution < 1.29 is 14.6 Å². The number of fused-ring (bicyclic) bond motifs is 1. The van der Waals surface area contributed by atoms with E-state index in [0.29, 0.717) is 17.5 Å². The lowest BCUT2D eigenvalue weighted by Crippen LogP contribution is -2.28. The number of ether oxygens (including phenoxy) is 2. The fourth-order valence-corrected chi connectivity index (χ4v) is 2.97. The van der Waals surface area contributed by atoms with Crippen LogP contribution in [0.5, 0.6) is 11.5 Å². The first-order chi connectivity index (χ1) is 10.7. The van der Waals surface area contributed by atoms with Crippen LogP contribution in [0, 0.1) is 0 Å². The Morgan fingerprint density at radius 1 is 1.09 bits per heavy atom. The van der Waals surface area contributed by atoms with Gasteiger partial charge in [0.25, 0.3) is 0 Å². The van der Waals surface area contributed by atoms with Gasteiger partial charge in [-0.25, -0.2) is 9.97 Å². The second-order valence-corrected chi connectivity index (χ2v) is 5.57. The molecule has 22 heavy (non-hydrogen) atoms. The lowest BCUT2D eigenvalue weighted by Gasteiger charge is -2.27. The number of hydrogen-bond acceptors (Lipinski definition) is 6. The van der Waals surface area contributed by atoms with Gasteiger partial charge in [-0.2, -0.15) is 0 Å². The zero-order chi connectivity index (χ0) is 15.5. The van der Waals surface area contributed by atoms with Gasteiger partial charge < -0.3 is 19.9 Å². The molecule has 3 rings (SSSR count). The van der Waals surface area contributed by atoms with Crippen molar-refractivity contribution in [2.75, 3.05) is 19.5 Å². The molecule has 1 heterocycles. The summed E-state index contributed by atoms with van der Waals surface area (Å²) in [7, 11) is 3.21. The summed E-state index contributed by atoms with van der Waals surface area (Å²) in [5.74, 6) is 2.07. The topological polar surface area (TPSA) is 76.5 Å². The molecule has 0 amide bonds. The second kappa shape index (κ2) is 6.36. The number of aliphatic hydroxyl groups excluding tert-OH is 1. The van der Waals surface area contributed by atoms with Crippen LogP contribution in [0.4, 0.5) is 5.82 Å². The van der Waals surface area contributed by atoms with E-state index < -0.39 is 0 Å². The maximum absolute atomic E-state index is 9.61. The first kappa shape index (κ1) is 14.8. The highest BCUT2D eigenvalue weighted by atomic mass is 16.5. The molecule has 1 aliphatic carbocycles. The van der Waals surface area contributed by atoms with Crippen molar-refractivity contribution in [3.63, 3.8) is 0 Å². The van der Waals surface area contributed by atoms with E-state index >= 15 is 0 Å². The Kier molecular flexibility index (Phi) is 4.29. The van der Waals surface area contributed by atoms with Crippen LogP contribution in [0.15, 0.2) is 18.5 Å². The predicted molar refractivity (Wildman–Crippen MR) is 84.5 cm³/mol. The Hall–Kier alpha value is -2.08. The molecule has 2 aromatic rings. The first-order valence-corrected chi connectivity index (χ1v) is 7.53. The smallest absolute Gasteiger partial charge is 0.187 e. The Morgan fingerprint density at radius 2 is 1.86 bits per heavy atom. The van der Waals surface area contributed by atoms with Crippen LogP contribution in [0.2, 0.25) is 0 Å². The number of aliphatic hydroxyl groups is 1. The number of nitrogens with zero attached hydrogens (tertiary/aromatic N) is 2. The van der Waals surface area contributed by atoms with E-state index in [-0.39, 0.29) is 6.10 Å². The zero-order valence-corrected chi connectivity index (χ0v) is 12.9. The summed E-state index contributed by atoms with van der Waals surface area (Å²) in [6.07, 6.45) is 4.92. The SMILES string of the molecule is COc1ccc2c(NC3CCC(O)CC3)ncnc2c1OC. The molecule has 0 unspecified atom stereocenters. The average Bonchev–Trinajstić information content (AvgIpc) is 2.56. The number of aromatic nitrogens is 2. The number of hydrogen-bond donors (Lipinski definition) is 2. The number of rotatable bonds is 4. The fourth-order valence-electron chi connectivity index (χ4n) is 2.97. The number of anilines is 1. The summed E-state index contributed by atoms with van der Waals surface area (Å²) in [5, 5.41) is 14.0. The third kappa shape index (κ3) is 2.78. The lowest BCUT2D eigenvalue weighted by molar-refractivity contribution is 0.126. The molecule has 1 fully saturated rings. The molecular weight excluding hydrogens is 282 g/mol. The number of nitrogens with one attached hydrogen (secondary N) is 1. The van der Waals surface area contributed by atoms with Crippen molar-refractivity contribution >= 4 is 16.7 Å². The van der Waals surface area contributed by atoms with Gasteiger partial charge >= 0.3 is 0 Å². The van der Waals surface area contributed by atoms with Crippen molar-refractivity contribution in [3.05, 3.63) is 18.5 Å². The van der Waals surface area contributed by atoms with Crippen molar-refractivity contribution in [2.24, 2.45) is 0 Å². The van der Waals surface area contributed by atoms with E-state index in [2.05, 4.69) is 15.3 Å². The van der Waals surface area contributed by atoms with Crippen LogP contribution >= 0.6 is 0 Å². The van der Waals surface area contributed by atoms with E-state index in [0.717, 1.165) is 42.4 Å². The molecule has 6 nitrogen and oxygen atoms in total. The highest BCUT2D eigenvalue weighted by molar-refractivity contribution is 5.94. The number of benzene rings is 1. The van der Waals surface area contributed by atoms with Gasteiger partial charge in [0.2, 0.25) is 0 Å². The van der Waals surface area contributed by atoms with E-state index in [1.165, 1.54) is 6.33 Å². The molecule has 1 aromatic heterocycles. The molecule has 0 atom stereocenters. The quantitative estimate of drug-likeness (QED) is 0.903. The minimum atomic E-state index is -0.162. The fraction of sp³-hybridized carbons (Fsp3) is 0.500. The van der Waals surface area contributed by atoms with Crippen LogP contribution in [0.3, 0.4) is 0 Å². The van der Waals surface area contributed by atoms with Gasteiger partial charge in [0.05, 0.1) is 20.3 Å². The van der Waals surface area contributed by atoms with Gasteiger partial charge in [-0.05, 0) is 37.8 Å². The molecule has 0 saturated heterocycles. The van der Waals surface area contributed by atoms with Crippen LogP contribution in [-0.4, -0.2) is 41.4 Å². The van der Waals surface area contributed by atoms with Crippen molar-refractivity contribution in [3.8, 4) is 11.5 Å². The summed E-state index contributed by atoms with van der Waals surface area (Å²) >= 11 is 0. The van der Waals surface area contributed by atoms with Crippen molar-refractivity contribution in [1.82, 2.24) is 9.97 Å². The maximum atomic E-state index is 9.61. The molecule has 1 aliphatic rings. The Morgan fingerprint density at radius 3 is 2.55 bits per heavy atom. The van der Waals surface area contributed by atoms with Gasteiger partial charge in [0, 0.05) is 11.4 Å². The maximum Gasteiger partial charge on any atom is 0.187 e. The summed E-state index contributed by atoms with van der Waals surface area (Å²) in [4.78, 5) is 8.70. The molecule has 0 bridgehead atoms. The van der Waals surface area contributed by atoms with Gasteiger partial charge in [0.15, 0.2) is 11.5 Å². The molecule has 1 saturated carbocycles. The summed E-state index contributed by atoms with van der Waals surface area (Å²) < 4.78 is 10.7. The molecular formula is C16H21N3O3. The van der Waals surface area contributed by atoms with E-state index in [1.54, 1.807) is 14.2 Å². The largest absolute Gasteiger partial charge is 0.493 e. The van der Waals surface area contributed by atoms with E-state index in [4.69, 9.17) is 9.47 Å². The first-order valence-electron chi connectivity index (χ1n) is 7.53. The molecule has 6 heteroatoms. The van der Waals surface area contributed by atoms with Crippen LogP contribution in [0.1, 0.15) is 25.7 Å². The lowest BCUT2D eigenvalue weighted by atomic mass is 9.93. The van der Waals surface area contributed by atoms with Gasteiger partial charge in [-0.15, -0.1) is 0 Å². The molecule has 0 radical (unpaired) electrons. The summed E-state index contributed by atoms with van der Waals surface area (Å²) in [6.45, 7) is 0. The standard InChI is InChI=1S/C16H21N3O3/c1-21-13-8-7-12-14(15(13)22-2)17-9-18-16(12)19-10-3-5-11(20)6-4-10/h7-11,20H,3-6H2,1-2H3,(H,17,18,19). The molecule has 1 aromatic carbocycles. The minimum Gasteiger partial charge on any atom is -0.493 e. The van der Waals surface area contributed by atoms with Crippen LogP contribution in [-0.2, 0) is 0 Å². The van der Waals surface area contributed by atoms with Gasteiger partial charge in [-0.3, -0.25) is 0 Å². The monoisotopic (exact) mass is 303 g/mol. The number of methoxy groups -OCH3 is 2. The Labute approximate surface area is 129 Å². The minimum absolute atomic E-state index is 0.162. The van der Waals surface area contributed by atoms with Crippen molar-refractivity contribution in [1.29, 1.82) is 0 Å². The molecule has 0 aliphatic heterocycles. The normalized spacial score (nSPS) is 21.6. The molecule has 0 spiro atoms. The highest BCUT2D eigenvalue weighted by Crippen LogP contribution is 2.36. The van der Waals surface area contributed by atoms with E-state index in [9.17, 15) is 5.11 Å². The van der Waals surface area contributed by atoms with Crippen LogP contribution in [0.25, 0.3) is 10.9 Å². The molecule has 118 valence electrons. The molecule has 2 N–H and O–H groups in total.